The Balaban J connectivity index is 1.90. The van der Waals surface area contributed by atoms with Crippen LogP contribution in [0.2, 0.25) is 0 Å². The van der Waals surface area contributed by atoms with Crippen molar-refractivity contribution in [2.45, 2.75) is 12.5 Å². The molecule has 0 aliphatic carbocycles. The number of nitrogens with zero attached hydrogens (tertiary/aromatic N) is 1. The van der Waals surface area contributed by atoms with Gasteiger partial charge in [-0.25, -0.2) is 4.79 Å². The van der Waals surface area contributed by atoms with E-state index < -0.39 is 6.04 Å². The molecule has 0 bridgehead atoms. The van der Waals surface area contributed by atoms with Gasteiger partial charge in [-0.1, -0.05) is 30.3 Å². The lowest BCUT2D eigenvalue weighted by Crippen LogP contribution is -2.44. The number of aliphatic hydroxyl groups is 1. The molecule has 1 aromatic carbocycles. The number of amides is 3. The number of rotatable bonds is 4. The number of hydrogen-bond acceptors (Lipinski definition) is 3. The lowest BCUT2D eigenvalue weighted by atomic mass is 9.96. The molecule has 1 atom stereocenters. The zero-order valence-electron chi connectivity index (χ0n) is 11.5. The summed E-state index contributed by atoms with van der Waals surface area (Å²) in [5, 5.41) is 14.4. The van der Waals surface area contributed by atoms with Crippen LogP contribution in [0.1, 0.15) is 18.0 Å². The van der Waals surface area contributed by atoms with E-state index in [0.717, 1.165) is 5.56 Å². The lowest BCUT2D eigenvalue weighted by molar-refractivity contribution is -0.125. The quantitative estimate of drug-likeness (QED) is 0.755. The van der Waals surface area contributed by atoms with E-state index in [4.69, 9.17) is 5.11 Å². The molecule has 1 aromatic rings. The predicted molar refractivity (Wildman–Crippen MR) is 76.2 cm³/mol. The van der Waals surface area contributed by atoms with Gasteiger partial charge in [-0.05, 0) is 12.0 Å². The van der Waals surface area contributed by atoms with E-state index in [1.807, 2.05) is 30.3 Å². The molecule has 2 heterocycles. The molecule has 21 heavy (non-hydrogen) atoms. The molecule has 6 nitrogen and oxygen atoms in total. The minimum atomic E-state index is -0.415. The summed E-state index contributed by atoms with van der Waals surface area (Å²) in [4.78, 5) is 26.0. The second-order valence-electron chi connectivity index (χ2n) is 5.14. The van der Waals surface area contributed by atoms with Crippen LogP contribution in [0, 0.1) is 0 Å². The van der Waals surface area contributed by atoms with Crippen molar-refractivity contribution in [3.63, 3.8) is 0 Å². The maximum atomic E-state index is 12.5. The molecule has 0 fully saturated rings. The maximum Gasteiger partial charge on any atom is 0.319 e. The summed E-state index contributed by atoms with van der Waals surface area (Å²) in [7, 11) is 0. The molecule has 0 aromatic heterocycles. The fourth-order valence-corrected chi connectivity index (χ4v) is 2.77. The number of benzene rings is 1. The van der Waals surface area contributed by atoms with Crippen molar-refractivity contribution in [1.29, 1.82) is 0 Å². The Labute approximate surface area is 122 Å². The van der Waals surface area contributed by atoms with E-state index in [0.29, 0.717) is 30.8 Å². The van der Waals surface area contributed by atoms with E-state index in [-0.39, 0.29) is 18.5 Å². The largest absolute Gasteiger partial charge is 0.396 e. The molecule has 0 saturated heterocycles. The van der Waals surface area contributed by atoms with Gasteiger partial charge in [0.25, 0.3) is 5.91 Å². The Hall–Kier alpha value is -2.34. The third-order valence-corrected chi connectivity index (χ3v) is 3.74. The van der Waals surface area contributed by atoms with Gasteiger partial charge < -0.3 is 20.6 Å². The second kappa shape index (κ2) is 5.57. The van der Waals surface area contributed by atoms with Crippen LogP contribution in [0.25, 0.3) is 0 Å². The van der Waals surface area contributed by atoms with E-state index in [2.05, 4.69) is 10.6 Å². The van der Waals surface area contributed by atoms with Crippen molar-refractivity contribution in [1.82, 2.24) is 15.5 Å². The molecule has 0 saturated carbocycles. The number of hydrogen-bond donors (Lipinski definition) is 3. The minimum Gasteiger partial charge on any atom is -0.396 e. The van der Waals surface area contributed by atoms with E-state index in [1.165, 1.54) is 0 Å². The zero-order valence-corrected chi connectivity index (χ0v) is 11.5. The van der Waals surface area contributed by atoms with Crippen molar-refractivity contribution in [2.75, 3.05) is 19.7 Å². The monoisotopic (exact) mass is 287 g/mol. The van der Waals surface area contributed by atoms with Crippen LogP contribution in [-0.2, 0) is 4.79 Å². The molecule has 3 N–H and O–H groups in total. The van der Waals surface area contributed by atoms with Crippen LogP contribution in [0.3, 0.4) is 0 Å². The third kappa shape index (κ3) is 2.50. The average molecular weight is 287 g/mol. The predicted octanol–water partition coefficient (Wildman–Crippen LogP) is 0.519. The molecule has 6 heteroatoms. The van der Waals surface area contributed by atoms with Crippen molar-refractivity contribution in [3.05, 3.63) is 47.2 Å². The van der Waals surface area contributed by atoms with Crippen molar-refractivity contribution >= 4 is 11.9 Å². The average Bonchev–Trinajstić information content (AvgIpc) is 2.81. The minimum absolute atomic E-state index is 0.0428. The van der Waals surface area contributed by atoms with Gasteiger partial charge in [-0.15, -0.1) is 0 Å². The van der Waals surface area contributed by atoms with Gasteiger partial charge in [-0.2, -0.15) is 0 Å². The summed E-state index contributed by atoms with van der Waals surface area (Å²) >= 11 is 0. The van der Waals surface area contributed by atoms with Gasteiger partial charge in [0.15, 0.2) is 0 Å². The Kier molecular flexibility index (Phi) is 3.62. The Morgan fingerprint density at radius 1 is 1.24 bits per heavy atom. The van der Waals surface area contributed by atoms with Gasteiger partial charge in [0.1, 0.15) is 0 Å². The zero-order chi connectivity index (χ0) is 14.8. The van der Waals surface area contributed by atoms with Crippen LogP contribution in [0.15, 0.2) is 41.6 Å². The lowest BCUT2D eigenvalue weighted by Gasteiger charge is -2.25. The summed E-state index contributed by atoms with van der Waals surface area (Å²) in [5.41, 5.74) is 2.14. The highest BCUT2D eigenvalue weighted by molar-refractivity contribution is 6.01. The maximum absolute atomic E-state index is 12.5. The summed E-state index contributed by atoms with van der Waals surface area (Å²) in [5.74, 6) is -0.0835. The first-order valence-corrected chi connectivity index (χ1v) is 6.96. The van der Waals surface area contributed by atoms with E-state index in [9.17, 15) is 9.59 Å². The van der Waals surface area contributed by atoms with Gasteiger partial charge in [0, 0.05) is 13.2 Å². The van der Waals surface area contributed by atoms with Crippen molar-refractivity contribution in [3.8, 4) is 0 Å². The number of carbonyl (C=O) groups excluding carboxylic acids is 2. The Morgan fingerprint density at radius 2 is 2.00 bits per heavy atom. The highest BCUT2D eigenvalue weighted by atomic mass is 16.3. The fraction of sp³-hybridized carbons (Fsp3) is 0.333. The first-order chi connectivity index (χ1) is 10.2. The topological polar surface area (TPSA) is 81.7 Å². The van der Waals surface area contributed by atoms with Gasteiger partial charge in [-0.3, -0.25) is 4.79 Å². The fourth-order valence-electron chi connectivity index (χ4n) is 2.77. The normalized spacial score (nSPS) is 21.2. The molecule has 3 rings (SSSR count). The molecule has 0 unspecified atom stereocenters. The van der Waals surface area contributed by atoms with Crippen molar-refractivity contribution in [2.24, 2.45) is 0 Å². The number of aliphatic hydroxyl groups excluding tert-OH is 1. The molecule has 0 spiro atoms. The molecule has 2 aliphatic heterocycles. The van der Waals surface area contributed by atoms with Crippen LogP contribution in [0.5, 0.6) is 0 Å². The summed E-state index contributed by atoms with van der Waals surface area (Å²) in [6.07, 6.45) is 0.531. The molecule has 3 amide bonds. The molecule has 0 radical (unpaired) electrons. The molecular weight excluding hydrogens is 270 g/mol. The van der Waals surface area contributed by atoms with E-state index >= 15 is 0 Å². The smallest absolute Gasteiger partial charge is 0.319 e. The van der Waals surface area contributed by atoms with Crippen molar-refractivity contribution < 1.29 is 14.7 Å². The summed E-state index contributed by atoms with van der Waals surface area (Å²) < 4.78 is 0. The first-order valence-electron chi connectivity index (χ1n) is 6.96. The number of carbonyl (C=O) groups is 2. The Morgan fingerprint density at radius 3 is 2.71 bits per heavy atom. The first kappa shape index (κ1) is 13.6. The van der Waals surface area contributed by atoms with E-state index in [1.54, 1.807) is 4.90 Å². The molecule has 2 aliphatic rings. The second-order valence-corrected chi connectivity index (χ2v) is 5.14. The Bertz CT molecular complexity index is 597. The van der Waals surface area contributed by atoms with Gasteiger partial charge >= 0.3 is 6.03 Å². The van der Waals surface area contributed by atoms with Crippen LogP contribution < -0.4 is 10.6 Å². The van der Waals surface area contributed by atoms with Gasteiger partial charge in [0.05, 0.1) is 23.9 Å². The SMILES string of the molecule is O=C1NC2=C(C(=O)N(CCCO)C2)[C@H](c2ccccc2)N1. The highest BCUT2D eigenvalue weighted by Crippen LogP contribution is 2.32. The summed E-state index contributed by atoms with van der Waals surface area (Å²) in [6.45, 7) is 0.922. The highest BCUT2D eigenvalue weighted by Gasteiger charge is 2.39. The van der Waals surface area contributed by atoms with Crippen LogP contribution in [0.4, 0.5) is 4.79 Å². The van der Waals surface area contributed by atoms with Gasteiger partial charge in [0.2, 0.25) is 0 Å². The van der Waals surface area contributed by atoms with Crippen LogP contribution in [-0.4, -0.2) is 41.6 Å². The molecular formula is C15H17N3O3. The number of urea groups is 1. The summed E-state index contributed by atoms with van der Waals surface area (Å²) in [6, 6.07) is 8.74. The number of nitrogens with one attached hydrogen (secondary N) is 2. The third-order valence-electron chi connectivity index (χ3n) is 3.74. The standard InChI is InChI=1S/C15H17N3O3/c19-8-4-7-18-9-11-12(14(18)20)13(17-15(21)16-11)10-5-2-1-3-6-10/h1-3,5-6,13,19H,4,7-9H2,(H2,16,17,21)/t13-/m0/s1. The molecule has 110 valence electrons. The van der Waals surface area contributed by atoms with Crippen LogP contribution >= 0.6 is 0 Å².